The molecule has 5 heteroatoms. The van der Waals surface area contributed by atoms with Gasteiger partial charge in [-0.05, 0) is 54.1 Å². The van der Waals surface area contributed by atoms with Gasteiger partial charge in [0.1, 0.15) is 5.75 Å². The van der Waals surface area contributed by atoms with Gasteiger partial charge in [0.05, 0.1) is 6.61 Å². The molecule has 0 atom stereocenters. The van der Waals surface area contributed by atoms with Gasteiger partial charge in [0.25, 0.3) is 0 Å². The van der Waals surface area contributed by atoms with Crippen molar-refractivity contribution in [3.05, 3.63) is 89.4 Å². The summed E-state index contributed by atoms with van der Waals surface area (Å²) in [5.74, 6) is 0.768. The fraction of sp³-hybridized carbons (Fsp3) is 0.0952. The summed E-state index contributed by atoms with van der Waals surface area (Å²) >= 11 is 5.82. The summed E-state index contributed by atoms with van der Waals surface area (Å²) in [4.78, 5) is 12.0. The van der Waals surface area contributed by atoms with Crippen LogP contribution in [0.15, 0.2) is 78.9 Å². The van der Waals surface area contributed by atoms with Crippen LogP contribution >= 0.6 is 11.6 Å². The van der Waals surface area contributed by atoms with Gasteiger partial charge in [-0.3, -0.25) is 0 Å². The molecule has 0 unspecified atom stereocenters. The fourth-order valence-electron chi connectivity index (χ4n) is 2.39. The van der Waals surface area contributed by atoms with Crippen molar-refractivity contribution in [3.63, 3.8) is 0 Å². The Kier molecular flexibility index (Phi) is 6.12. The first-order valence-corrected chi connectivity index (χ1v) is 8.67. The first-order chi connectivity index (χ1) is 12.7. The van der Waals surface area contributed by atoms with E-state index in [1.807, 2.05) is 30.3 Å². The van der Waals surface area contributed by atoms with Gasteiger partial charge in [-0.2, -0.15) is 0 Å². The molecule has 4 nitrogen and oxygen atoms in total. The maximum absolute atomic E-state index is 12.0. The lowest BCUT2D eigenvalue weighted by atomic mass is 10.2. The summed E-state index contributed by atoms with van der Waals surface area (Å²) in [5, 5.41) is 6.14. The Morgan fingerprint density at radius 1 is 0.808 bits per heavy atom. The number of benzene rings is 3. The second-order valence-electron chi connectivity index (χ2n) is 5.69. The highest BCUT2D eigenvalue weighted by Gasteiger charge is 2.03. The second kappa shape index (κ2) is 8.92. The van der Waals surface area contributed by atoms with Crippen molar-refractivity contribution in [3.8, 4) is 5.75 Å². The highest BCUT2D eigenvalue weighted by atomic mass is 35.5. The third kappa shape index (κ3) is 5.53. The monoisotopic (exact) mass is 366 g/mol. The second-order valence-corrected chi connectivity index (χ2v) is 6.13. The molecule has 0 fully saturated rings. The van der Waals surface area contributed by atoms with E-state index >= 15 is 0 Å². The molecule has 0 aliphatic carbocycles. The largest absolute Gasteiger partial charge is 0.493 e. The number of carbonyl (C=O) groups excluding carboxylic acids is 1. The van der Waals surface area contributed by atoms with E-state index in [0.717, 1.165) is 12.2 Å². The van der Waals surface area contributed by atoms with Gasteiger partial charge in [-0.25, -0.2) is 4.79 Å². The number of hydrogen-bond acceptors (Lipinski definition) is 2. The number of amides is 2. The summed E-state index contributed by atoms with van der Waals surface area (Å²) in [6.07, 6.45) is 0.852. The molecule has 3 aromatic rings. The van der Waals surface area contributed by atoms with Gasteiger partial charge in [-0.1, -0.05) is 41.9 Å². The third-order valence-electron chi connectivity index (χ3n) is 3.72. The van der Waals surface area contributed by atoms with Crippen LogP contribution < -0.4 is 15.4 Å². The Hall–Kier alpha value is -2.98. The molecule has 0 saturated carbocycles. The molecule has 0 spiro atoms. The lowest BCUT2D eigenvalue weighted by molar-refractivity contribution is 0.262. The standard InChI is InChI=1S/C21H19ClN2O2/c22-17-6-8-18(9-7-17)23-21(25)24-19-10-12-20(13-11-19)26-15-14-16-4-2-1-3-5-16/h1-13H,14-15H2,(H2,23,24,25). The van der Waals surface area contributed by atoms with Crippen LogP contribution in [0.3, 0.4) is 0 Å². The van der Waals surface area contributed by atoms with Crippen LogP contribution in [0.2, 0.25) is 5.02 Å². The van der Waals surface area contributed by atoms with Gasteiger partial charge in [0.15, 0.2) is 0 Å². The van der Waals surface area contributed by atoms with Crippen LogP contribution in [-0.4, -0.2) is 12.6 Å². The predicted molar refractivity (Wildman–Crippen MR) is 106 cm³/mol. The van der Waals surface area contributed by atoms with Crippen molar-refractivity contribution in [1.82, 2.24) is 0 Å². The van der Waals surface area contributed by atoms with Crippen molar-refractivity contribution in [2.75, 3.05) is 17.2 Å². The van der Waals surface area contributed by atoms with Gasteiger partial charge in [0, 0.05) is 22.8 Å². The predicted octanol–water partition coefficient (Wildman–Crippen LogP) is 5.61. The number of nitrogens with one attached hydrogen (secondary N) is 2. The zero-order chi connectivity index (χ0) is 18.2. The molecule has 3 aromatic carbocycles. The molecule has 0 heterocycles. The summed E-state index contributed by atoms with van der Waals surface area (Å²) in [6.45, 7) is 0.605. The maximum atomic E-state index is 12.0. The van der Waals surface area contributed by atoms with E-state index in [1.54, 1.807) is 36.4 Å². The zero-order valence-electron chi connectivity index (χ0n) is 14.1. The Morgan fingerprint density at radius 3 is 2.00 bits per heavy atom. The Bertz CT molecular complexity index is 834. The quantitative estimate of drug-likeness (QED) is 0.596. The van der Waals surface area contributed by atoms with E-state index in [0.29, 0.717) is 23.0 Å². The molecule has 0 aliphatic heterocycles. The van der Waals surface area contributed by atoms with E-state index in [2.05, 4.69) is 22.8 Å². The van der Waals surface area contributed by atoms with Gasteiger partial charge in [0.2, 0.25) is 0 Å². The smallest absolute Gasteiger partial charge is 0.323 e. The molecular weight excluding hydrogens is 348 g/mol. The first kappa shape index (κ1) is 17.8. The molecule has 2 amide bonds. The van der Waals surface area contributed by atoms with E-state index in [4.69, 9.17) is 16.3 Å². The van der Waals surface area contributed by atoms with Crippen LogP contribution in [0.5, 0.6) is 5.75 Å². The summed E-state index contributed by atoms with van der Waals surface area (Å²) in [7, 11) is 0. The number of halogens is 1. The SMILES string of the molecule is O=C(Nc1ccc(Cl)cc1)Nc1ccc(OCCc2ccccc2)cc1. The molecule has 0 bridgehead atoms. The van der Waals surface area contributed by atoms with E-state index in [9.17, 15) is 4.79 Å². The van der Waals surface area contributed by atoms with Crippen molar-refractivity contribution in [2.24, 2.45) is 0 Å². The van der Waals surface area contributed by atoms with Crippen LogP contribution in [0.4, 0.5) is 16.2 Å². The summed E-state index contributed by atoms with van der Waals surface area (Å²) in [5.41, 5.74) is 2.60. The number of carbonyl (C=O) groups is 1. The minimum Gasteiger partial charge on any atom is -0.493 e. The highest BCUT2D eigenvalue weighted by Crippen LogP contribution is 2.17. The summed E-state index contributed by atoms with van der Waals surface area (Å²) in [6, 6.07) is 24.1. The van der Waals surface area contributed by atoms with E-state index < -0.39 is 0 Å². The molecule has 2 N–H and O–H groups in total. The van der Waals surface area contributed by atoms with Crippen LogP contribution in [0.1, 0.15) is 5.56 Å². The highest BCUT2D eigenvalue weighted by molar-refractivity contribution is 6.30. The number of urea groups is 1. The van der Waals surface area contributed by atoms with Crippen molar-refractivity contribution in [2.45, 2.75) is 6.42 Å². The lowest BCUT2D eigenvalue weighted by Crippen LogP contribution is -2.19. The van der Waals surface area contributed by atoms with Crippen molar-refractivity contribution in [1.29, 1.82) is 0 Å². The lowest BCUT2D eigenvalue weighted by Gasteiger charge is -2.09. The van der Waals surface area contributed by atoms with E-state index in [1.165, 1.54) is 5.56 Å². The molecule has 0 saturated heterocycles. The van der Waals surface area contributed by atoms with Crippen LogP contribution in [-0.2, 0) is 6.42 Å². The molecule has 0 aromatic heterocycles. The normalized spacial score (nSPS) is 10.2. The van der Waals surface area contributed by atoms with Crippen molar-refractivity contribution >= 4 is 29.0 Å². The van der Waals surface area contributed by atoms with Crippen LogP contribution in [0.25, 0.3) is 0 Å². The average molecular weight is 367 g/mol. The zero-order valence-corrected chi connectivity index (χ0v) is 14.9. The minimum absolute atomic E-state index is 0.315. The molecule has 26 heavy (non-hydrogen) atoms. The Morgan fingerprint density at radius 2 is 1.38 bits per heavy atom. The third-order valence-corrected chi connectivity index (χ3v) is 3.97. The number of ether oxygens (including phenoxy) is 1. The number of hydrogen-bond donors (Lipinski definition) is 2. The van der Waals surface area contributed by atoms with Gasteiger partial charge >= 0.3 is 6.03 Å². The molecule has 3 rings (SSSR count). The fourth-order valence-corrected chi connectivity index (χ4v) is 2.52. The van der Waals surface area contributed by atoms with Crippen LogP contribution in [0, 0.1) is 0 Å². The molecule has 0 radical (unpaired) electrons. The first-order valence-electron chi connectivity index (χ1n) is 8.29. The van der Waals surface area contributed by atoms with Gasteiger partial charge in [-0.15, -0.1) is 0 Å². The van der Waals surface area contributed by atoms with Gasteiger partial charge < -0.3 is 15.4 Å². The summed E-state index contributed by atoms with van der Waals surface area (Å²) < 4.78 is 5.74. The number of anilines is 2. The van der Waals surface area contributed by atoms with E-state index in [-0.39, 0.29) is 6.03 Å². The Labute approximate surface area is 157 Å². The van der Waals surface area contributed by atoms with Crippen molar-refractivity contribution < 1.29 is 9.53 Å². The molecule has 0 aliphatic rings. The minimum atomic E-state index is -0.315. The molecule has 132 valence electrons. The number of rotatable bonds is 6. The average Bonchev–Trinajstić information content (AvgIpc) is 2.66. The molecular formula is C21H19ClN2O2. The maximum Gasteiger partial charge on any atom is 0.323 e. The topological polar surface area (TPSA) is 50.4 Å². The Balaban J connectivity index is 1.46.